The van der Waals surface area contributed by atoms with Crippen molar-refractivity contribution >= 4 is 21.7 Å². The third-order valence-electron chi connectivity index (χ3n) is 4.52. The minimum absolute atomic E-state index is 0.147. The molecule has 1 amide bonds. The van der Waals surface area contributed by atoms with Crippen molar-refractivity contribution in [2.75, 3.05) is 13.1 Å². The molecule has 6 nitrogen and oxygen atoms in total. The van der Waals surface area contributed by atoms with Gasteiger partial charge in [-0.25, -0.2) is 8.42 Å². The molecule has 1 aliphatic rings. The summed E-state index contributed by atoms with van der Waals surface area (Å²) in [4.78, 5) is 25.6. The summed E-state index contributed by atoms with van der Waals surface area (Å²) < 4.78 is 25.3. The Kier molecular flexibility index (Phi) is 5.08. The summed E-state index contributed by atoms with van der Waals surface area (Å²) >= 11 is 0. The van der Waals surface area contributed by atoms with Crippen LogP contribution in [0.15, 0.2) is 59.5 Å². The van der Waals surface area contributed by atoms with Crippen LogP contribution >= 0.6 is 0 Å². The van der Waals surface area contributed by atoms with Crippen LogP contribution in [0.4, 0.5) is 0 Å². The van der Waals surface area contributed by atoms with E-state index in [1.54, 1.807) is 42.5 Å². The summed E-state index contributed by atoms with van der Waals surface area (Å²) in [7, 11) is -3.58. The number of carboxylic acid groups (broad SMARTS) is 1. The lowest BCUT2D eigenvalue weighted by Crippen LogP contribution is -2.30. The van der Waals surface area contributed by atoms with Gasteiger partial charge in [0.05, 0.1) is 16.6 Å². The van der Waals surface area contributed by atoms with Crippen molar-refractivity contribution in [3.05, 3.63) is 65.7 Å². The molecule has 1 heterocycles. The molecule has 0 spiro atoms. The molecule has 136 valence electrons. The number of nitrogens with zero attached hydrogens (tertiary/aromatic N) is 1. The lowest BCUT2D eigenvalue weighted by molar-refractivity contribution is -0.141. The van der Waals surface area contributed by atoms with Crippen molar-refractivity contribution < 1.29 is 23.1 Å². The Balaban J connectivity index is 1.85. The second kappa shape index (κ2) is 7.29. The Morgan fingerprint density at radius 2 is 1.69 bits per heavy atom. The maximum absolute atomic E-state index is 12.8. The SMILES string of the molecule is O=C(O)[C@H]1CCN(C(=O)c2ccccc2CS(=O)(=O)c2ccccc2)C1. The molecular weight excluding hydrogens is 354 g/mol. The highest BCUT2D eigenvalue weighted by Crippen LogP contribution is 2.23. The minimum atomic E-state index is -3.58. The normalized spacial score (nSPS) is 17.2. The van der Waals surface area contributed by atoms with Gasteiger partial charge in [-0.3, -0.25) is 9.59 Å². The number of hydrogen-bond donors (Lipinski definition) is 1. The first-order valence-electron chi connectivity index (χ1n) is 8.26. The molecule has 0 saturated carbocycles. The molecule has 1 aliphatic heterocycles. The zero-order valence-corrected chi connectivity index (χ0v) is 14.9. The third-order valence-corrected chi connectivity index (χ3v) is 6.20. The molecule has 0 radical (unpaired) electrons. The van der Waals surface area contributed by atoms with Crippen LogP contribution in [-0.4, -0.2) is 43.4 Å². The van der Waals surface area contributed by atoms with Gasteiger partial charge in [0.15, 0.2) is 9.84 Å². The zero-order chi connectivity index (χ0) is 18.7. The maximum atomic E-state index is 12.8. The average Bonchev–Trinajstić information content (AvgIpc) is 3.12. The highest BCUT2D eigenvalue weighted by atomic mass is 32.2. The van der Waals surface area contributed by atoms with Crippen LogP contribution in [0.2, 0.25) is 0 Å². The monoisotopic (exact) mass is 373 g/mol. The summed E-state index contributed by atoms with van der Waals surface area (Å²) in [5.41, 5.74) is 0.721. The summed E-state index contributed by atoms with van der Waals surface area (Å²) in [6, 6.07) is 14.7. The van der Waals surface area contributed by atoms with Crippen molar-refractivity contribution in [2.45, 2.75) is 17.1 Å². The van der Waals surface area contributed by atoms with Crippen LogP contribution in [0.25, 0.3) is 0 Å². The van der Waals surface area contributed by atoms with E-state index in [4.69, 9.17) is 5.11 Å². The van der Waals surface area contributed by atoms with E-state index in [0.29, 0.717) is 24.1 Å². The number of benzene rings is 2. The molecule has 3 rings (SSSR count). The van der Waals surface area contributed by atoms with Gasteiger partial charge in [-0.1, -0.05) is 36.4 Å². The number of sulfone groups is 1. The molecule has 1 atom stereocenters. The van der Waals surface area contributed by atoms with Gasteiger partial charge in [-0.2, -0.15) is 0 Å². The minimum Gasteiger partial charge on any atom is -0.481 e. The van der Waals surface area contributed by atoms with Gasteiger partial charge in [0, 0.05) is 18.7 Å². The van der Waals surface area contributed by atoms with Crippen LogP contribution in [0.1, 0.15) is 22.3 Å². The first-order chi connectivity index (χ1) is 12.4. The first kappa shape index (κ1) is 18.1. The molecule has 7 heteroatoms. The number of rotatable bonds is 5. The molecule has 1 saturated heterocycles. The van der Waals surface area contributed by atoms with E-state index in [2.05, 4.69) is 0 Å². The van der Waals surface area contributed by atoms with Crippen molar-refractivity contribution in [3.8, 4) is 0 Å². The number of carbonyl (C=O) groups excluding carboxylic acids is 1. The second-order valence-electron chi connectivity index (χ2n) is 6.30. The molecule has 0 aliphatic carbocycles. The molecule has 2 aromatic carbocycles. The first-order valence-corrected chi connectivity index (χ1v) is 9.91. The van der Waals surface area contributed by atoms with E-state index in [0.717, 1.165) is 0 Å². The van der Waals surface area contributed by atoms with Crippen LogP contribution in [-0.2, 0) is 20.4 Å². The molecule has 1 N–H and O–H groups in total. The number of likely N-dealkylation sites (tertiary alicyclic amines) is 1. The Morgan fingerprint density at radius 3 is 2.35 bits per heavy atom. The van der Waals surface area contributed by atoms with E-state index in [1.807, 2.05) is 0 Å². The van der Waals surface area contributed by atoms with Crippen molar-refractivity contribution in [1.82, 2.24) is 4.90 Å². The smallest absolute Gasteiger partial charge is 0.308 e. The topological polar surface area (TPSA) is 91.8 Å². The van der Waals surface area contributed by atoms with E-state index >= 15 is 0 Å². The Hall–Kier alpha value is -2.67. The summed E-state index contributed by atoms with van der Waals surface area (Å²) in [6.07, 6.45) is 0.408. The number of hydrogen-bond acceptors (Lipinski definition) is 4. The van der Waals surface area contributed by atoms with Crippen LogP contribution < -0.4 is 0 Å². The van der Waals surface area contributed by atoms with E-state index in [-0.39, 0.29) is 23.1 Å². The highest BCUT2D eigenvalue weighted by Gasteiger charge is 2.32. The fourth-order valence-corrected chi connectivity index (χ4v) is 4.49. The summed E-state index contributed by atoms with van der Waals surface area (Å²) in [5.74, 6) is -2.10. The standard InChI is InChI=1S/C19H19NO5S/c21-18(20-11-10-14(12-20)19(22)23)17-9-5-4-6-15(17)13-26(24,25)16-7-2-1-3-8-16/h1-9,14H,10-13H2,(H,22,23)/t14-/m0/s1. The molecule has 0 aromatic heterocycles. The Morgan fingerprint density at radius 1 is 1.04 bits per heavy atom. The largest absolute Gasteiger partial charge is 0.481 e. The lowest BCUT2D eigenvalue weighted by atomic mass is 10.1. The summed E-state index contributed by atoms with van der Waals surface area (Å²) in [5, 5.41) is 9.10. The zero-order valence-electron chi connectivity index (χ0n) is 14.0. The van der Waals surface area contributed by atoms with Gasteiger partial charge >= 0.3 is 5.97 Å². The van der Waals surface area contributed by atoms with Crippen molar-refractivity contribution in [1.29, 1.82) is 0 Å². The quantitative estimate of drug-likeness (QED) is 0.868. The Labute approximate surface area is 152 Å². The van der Waals surface area contributed by atoms with Crippen LogP contribution in [0.3, 0.4) is 0 Å². The van der Waals surface area contributed by atoms with Crippen molar-refractivity contribution in [3.63, 3.8) is 0 Å². The van der Waals surface area contributed by atoms with Gasteiger partial charge in [0.1, 0.15) is 0 Å². The molecule has 0 bridgehead atoms. The second-order valence-corrected chi connectivity index (χ2v) is 8.29. The average molecular weight is 373 g/mol. The van der Waals surface area contributed by atoms with E-state index in [1.165, 1.54) is 17.0 Å². The number of amides is 1. The van der Waals surface area contributed by atoms with Crippen molar-refractivity contribution in [2.24, 2.45) is 5.92 Å². The van der Waals surface area contributed by atoms with E-state index < -0.39 is 21.7 Å². The number of aliphatic carboxylic acids is 1. The van der Waals surface area contributed by atoms with Gasteiger partial charge in [-0.15, -0.1) is 0 Å². The van der Waals surface area contributed by atoms with Gasteiger partial charge in [0.25, 0.3) is 5.91 Å². The third kappa shape index (κ3) is 3.77. The predicted octanol–water partition coefficient (Wildman–Crippen LogP) is 2.21. The van der Waals surface area contributed by atoms with Gasteiger partial charge in [0.2, 0.25) is 0 Å². The van der Waals surface area contributed by atoms with Gasteiger partial charge < -0.3 is 10.0 Å². The Bertz CT molecular complexity index is 924. The van der Waals surface area contributed by atoms with Gasteiger partial charge in [-0.05, 0) is 30.2 Å². The fraction of sp³-hybridized carbons (Fsp3) is 0.263. The fourth-order valence-electron chi connectivity index (χ4n) is 3.09. The number of carbonyl (C=O) groups is 2. The maximum Gasteiger partial charge on any atom is 0.308 e. The molecule has 2 aromatic rings. The van der Waals surface area contributed by atoms with E-state index in [9.17, 15) is 18.0 Å². The molecule has 26 heavy (non-hydrogen) atoms. The highest BCUT2D eigenvalue weighted by molar-refractivity contribution is 7.90. The molecule has 1 fully saturated rings. The van der Waals surface area contributed by atoms with Crippen LogP contribution in [0.5, 0.6) is 0 Å². The van der Waals surface area contributed by atoms with Crippen LogP contribution in [0, 0.1) is 5.92 Å². The number of carboxylic acids is 1. The molecule has 0 unspecified atom stereocenters. The summed E-state index contributed by atoms with van der Waals surface area (Å²) in [6.45, 7) is 0.503. The predicted molar refractivity (Wildman–Crippen MR) is 95.4 cm³/mol. The lowest BCUT2D eigenvalue weighted by Gasteiger charge is -2.18. The molecular formula is C19H19NO5S.